The minimum atomic E-state index is -0.178. The molecule has 1 amide bonds. The Balaban J connectivity index is 1.60. The van der Waals surface area contributed by atoms with Crippen molar-refractivity contribution < 1.29 is 14.3 Å². The molecule has 124 valence electrons. The second-order valence-electron chi connectivity index (χ2n) is 5.59. The van der Waals surface area contributed by atoms with E-state index >= 15 is 0 Å². The lowest BCUT2D eigenvalue weighted by molar-refractivity contribution is 0.0778. The quantitative estimate of drug-likeness (QED) is 0.716. The number of hydrogen-bond acceptors (Lipinski definition) is 5. The molecule has 1 aliphatic rings. The van der Waals surface area contributed by atoms with Gasteiger partial charge in [-0.1, -0.05) is 17.7 Å². The molecule has 0 fully saturated rings. The Morgan fingerprint density at radius 1 is 1.42 bits per heavy atom. The van der Waals surface area contributed by atoms with Crippen molar-refractivity contribution in [3.8, 4) is 11.5 Å². The number of benzene rings is 1. The summed E-state index contributed by atoms with van der Waals surface area (Å²) in [6.45, 7) is 2.63. The van der Waals surface area contributed by atoms with Crippen LogP contribution in [0, 0.1) is 6.92 Å². The largest absolute Gasteiger partial charge is 0.454 e. The highest BCUT2D eigenvalue weighted by molar-refractivity contribution is 7.17. The van der Waals surface area contributed by atoms with E-state index in [1.165, 1.54) is 11.3 Å². The van der Waals surface area contributed by atoms with Crippen LogP contribution in [0.2, 0.25) is 5.15 Å². The predicted molar refractivity (Wildman–Crippen MR) is 91.2 cm³/mol. The van der Waals surface area contributed by atoms with Crippen LogP contribution in [-0.4, -0.2) is 34.0 Å². The van der Waals surface area contributed by atoms with E-state index in [1.54, 1.807) is 16.3 Å². The highest BCUT2D eigenvalue weighted by atomic mass is 35.5. The van der Waals surface area contributed by atoms with Gasteiger partial charge >= 0.3 is 0 Å². The zero-order chi connectivity index (χ0) is 16.8. The molecule has 0 N–H and O–H groups in total. The maximum absolute atomic E-state index is 12.8. The number of aryl methyl sites for hydroxylation is 1. The summed E-state index contributed by atoms with van der Waals surface area (Å²) >= 11 is 7.67. The van der Waals surface area contributed by atoms with Crippen LogP contribution in [0.1, 0.15) is 20.9 Å². The van der Waals surface area contributed by atoms with Crippen molar-refractivity contribution >= 4 is 33.8 Å². The third-order valence-corrected chi connectivity index (χ3v) is 4.97. The van der Waals surface area contributed by atoms with Gasteiger partial charge in [0.05, 0.1) is 0 Å². The van der Waals surface area contributed by atoms with Crippen LogP contribution < -0.4 is 9.47 Å². The molecule has 6 nitrogen and oxygen atoms in total. The molecule has 0 atom stereocenters. The van der Waals surface area contributed by atoms with Crippen molar-refractivity contribution in [1.29, 1.82) is 0 Å². The molecule has 2 aromatic heterocycles. The Hall–Kier alpha value is -2.25. The number of carbonyl (C=O) groups excluding carboxylic acids is 1. The number of amides is 1. The zero-order valence-electron chi connectivity index (χ0n) is 13.1. The van der Waals surface area contributed by atoms with Gasteiger partial charge in [0.25, 0.3) is 5.91 Å². The van der Waals surface area contributed by atoms with Crippen molar-refractivity contribution in [3.63, 3.8) is 0 Å². The SMILES string of the molecule is Cc1cn2c(C(=O)N(C)Cc3ccc4c(c3)OCO4)c(Cl)nc2s1. The van der Waals surface area contributed by atoms with Crippen LogP contribution in [0.25, 0.3) is 4.96 Å². The normalized spacial score (nSPS) is 12.8. The summed E-state index contributed by atoms with van der Waals surface area (Å²) in [7, 11) is 1.74. The van der Waals surface area contributed by atoms with Gasteiger partial charge in [-0.05, 0) is 24.6 Å². The Bertz CT molecular complexity index is 950. The monoisotopic (exact) mass is 363 g/mol. The minimum absolute atomic E-state index is 0.178. The van der Waals surface area contributed by atoms with E-state index in [2.05, 4.69) is 4.98 Å². The predicted octanol–water partition coefficient (Wildman–Crippen LogP) is 3.36. The topological polar surface area (TPSA) is 56.1 Å². The number of fused-ring (bicyclic) bond motifs is 2. The van der Waals surface area contributed by atoms with E-state index < -0.39 is 0 Å². The molecule has 0 spiro atoms. The Morgan fingerprint density at radius 3 is 3.04 bits per heavy atom. The summed E-state index contributed by atoms with van der Waals surface area (Å²) in [6, 6.07) is 5.65. The van der Waals surface area contributed by atoms with Crippen LogP contribution in [0.5, 0.6) is 11.5 Å². The van der Waals surface area contributed by atoms with Crippen LogP contribution >= 0.6 is 22.9 Å². The number of nitrogens with zero attached hydrogens (tertiary/aromatic N) is 3. The van der Waals surface area contributed by atoms with Crippen LogP contribution in [0.4, 0.5) is 0 Å². The van der Waals surface area contributed by atoms with Crippen molar-refractivity contribution in [2.24, 2.45) is 0 Å². The van der Waals surface area contributed by atoms with Gasteiger partial charge in [0.1, 0.15) is 0 Å². The van der Waals surface area contributed by atoms with Gasteiger partial charge in [0.15, 0.2) is 27.3 Å². The molecule has 1 aliphatic heterocycles. The van der Waals surface area contributed by atoms with E-state index in [0.29, 0.717) is 18.0 Å². The summed E-state index contributed by atoms with van der Waals surface area (Å²) in [6.07, 6.45) is 1.88. The van der Waals surface area contributed by atoms with Crippen LogP contribution in [-0.2, 0) is 6.54 Å². The lowest BCUT2D eigenvalue weighted by atomic mass is 10.2. The fourth-order valence-electron chi connectivity index (χ4n) is 2.69. The Labute approximate surface area is 147 Å². The molecule has 3 aromatic rings. The first kappa shape index (κ1) is 15.3. The van der Waals surface area contributed by atoms with Gasteiger partial charge in [-0.25, -0.2) is 4.98 Å². The Kier molecular flexibility index (Phi) is 3.62. The summed E-state index contributed by atoms with van der Waals surface area (Å²) < 4.78 is 12.4. The van der Waals surface area contributed by atoms with Crippen molar-refractivity contribution in [2.75, 3.05) is 13.8 Å². The summed E-state index contributed by atoms with van der Waals surface area (Å²) in [5.41, 5.74) is 1.34. The van der Waals surface area contributed by atoms with Crippen molar-refractivity contribution in [2.45, 2.75) is 13.5 Å². The molecular formula is C16H14ClN3O3S. The standard InChI is InChI=1S/C16H14ClN3O3S/c1-9-6-20-13(14(17)18-16(20)24-9)15(21)19(2)7-10-3-4-11-12(5-10)23-8-22-11/h3-6H,7-8H2,1-2H3. The molecular weight excluding hydrogens is 350 g/mol. The molecule has 1 aromatic carbocycles. The summed E-state index contributed by atoms with van der Waals surface area (Å²) in [5.74, 6) is 1.25. The van der Waals surface area contributed by atoms with E-state index in [9.17, 15) is 4.79 Å². The number of rotatable bonds is 3. The molecule has 0 aliphatic carbocycles. The molecule has 0 bridgehead atoms. The number of aromatic nitrogens is 2. The van der Waals surface area contributed by atoms with Crippen LogP contribution in [0.15, 0.2) is 24.4 Å². The van der Waals surface area contributed by atoms with E-state index in [4.69, 9.17) is 21.1 Å². The van der Waals surface area contributed by atoms with E-state index in [0.717, 1.165) is 21.2 Å². The van der Waals surface area contributed by atoms with Crippen molar-refractivity contribution in [3.05, 3.63) is 45.7 Å². The van der Waals surface area contributed by atoms with Crippen molar-refractivity contribution in [1.82, 2.24) is 14.3 Å². The molecule has 0 saturated heterocycles. The maximum Gasteiger partial charge on any atom is 0.274 e. The molecule has 24 heavy (non-hydrogen) atoms. The van der Waals surface area contributed by atoms with Gasteiger partial charge in [-0.15, -0.1) is 11.3 Å². The Morgan fingerprint density at radius 2 is 2.21 bits per heavy atom. The fourth-order valence-corrected chi connectivity index (χ4v) is 3.81. The first-order valence-electron chi connectivity index (χ1n) is 7.31. The smallest absolute Gasteiger partial charge is 0.274 e. The lowest BCUT2D eigenvalue weighted by Gasteiger charge is -2.17. The number of halogens is 1. The van der Waals surface area contributed by atoms with Gasteiger partial charge in [-0.2, -0.15) is 0 Å². The second kappa shape index (κ2) is 5.68. The average molecular weight is 364 g/mol. The van der Waals surface area contributed by atoms with E-state index in [-0.39, 0.29) is 17.9 Å². The van der Waals surface area contributed by atoms with Crippen LogP contribution in [0.3, 0.4) is 0 Å². The number of hydrogen-bond donors (Lipinski definition) is 0. The maximum atomic E-state index is 12.8. The summed E-state index contributed by atoms with van der Waals surface area (Å²) in [5, 5.41) is 0.226. The molecule has 8 heteroatoms. The number of imidazole rings is 1. The van der Waals surface area contributed by atoms with E-state index in [1.807, 2.05) is 31.3 Å². The average Bonchev–Trinajstić information content (AvgIpc) is 3.20. The first-order valence-corrected chi connectivity index (χ1v) is 8.50. The first-order chi connectivity index (χ1) is 11.5. The number of thiazole rings is 1. The molecule has 0 saturated carbocycles. The third kappa shape index (κ3) is 2.50. The van der Waals surface area contributed by atoms with Gasteiger partial charge in [0.2, 0.25) is 6.79 Å². The van der Waals surface area contributed by atoms with Gasteiger partial charge < -0.3 is 14.4 Å². The number of carbonyl (C=O) groups is 1. The lowest BCUT2D eigenvalue weighted by Crippen LogP contribution is -2.27. The second-order valence-corrected chi connectivity index (χ2v) is 7.17. The van der Waals surface area contributed by atoms with Gasteiger partial charge in [0, 0.05) is 24.7 Å². The molecule has 4 rings (SSSR count). The highest BCUT2D eigenvalue weighted by Crippen LogP contribution is 2.33. The van der Waals surface area contributed by atoms with Gasteiger partial charge in [-0.3, -0.25) is 9.20 Å². The fraction of sp³-hybridized carbons (Fsp3) is 0.250. The minimum Gasteiger partial charge on any atom is -0.454 e. The zero-order valence-corrected chi connectivity index (χ0v) is 14.6. The third-order valence-electron chi connectivity index (χ3n) is 3.81. The molecule has 0 unspecified atom stereocenters. The highest BCUT2D eigenvalue weighted by Gasteiger charge is 2.23. The molecule has 3 heterocycles. The molecule has 0 radical (unpaired) electrons. The summed E-state index contributed by atoms with van der Waals surface area (Å²) in [4.78, 5) is 20.5. The number of ether oxygens (including phenoxy) is 2.